The Kier molecular flexibility index (Phi) is 7.35. The molecule has 0 amide bonds. The first-order chi connectivity index (χ1) is 22.4. The van der Waals surface area contributed by atoms with Crippen LogP contribution in [0.3, 0.4) is 0 Å². The van der Waals surface area contributed by atoms with Crippen molar-refractivity contribution in [3.05, 3.63) is 155 Å². The van der Waals surface area contributed by atoms with Crippen molar-refractivity contribution in [2.24, 2.45) is 0 Å². The third-order valence-corrected chi connectivity index (χ3v) is 10.1. The molecule has 0 N–H and O–H groups in total. The monoisotopic (exact) mass is 638 g/mol. The number of benzene rings is 6. The third kappa shape index (κ3) is 5.25. The number of ether oxygens (including phenoxy) is 2. The van der Waals surface area contributed by atoms with Gasteiger partial charge < -0.3 is 19.3 Å². The van der Waals surface area contributed by atoms with Gasteiger partial charge in [-0.1, -0.05) is 48.5 Å². The Morgan fingerprint density at radius 1 is 0.522 bits per heavy atom. The minimum absolute atomic E-state index is 0.444. The second-order valence-corrected chi connectivity index (χ2v) is 13.3. The molecule has 4 nitrogen and oxygen atoms in total. The average molecular weight is 639 g/mol. The highest BCUT2D eigenvalue weighted by Crippen LogP contribution is 2.44. The van der Waals surface area contributed by atoms with Gasteiger partial charge in [-0.2, -0.15) is 0 Å². The van der Waals surface area contributed by atoms with Crippen molar-refractivity contribution >= 4 is 47.4 Å². The van der Waals surface area contributed by atoms with E-state index < -0.39 is 5.41 Å². The van der Waals surface area contributed by atoms with Crippen LogP contribution < -0.4 is 19.3 Å². The second kappa shape index (κ2) is 11.7. The smallest absolute Gasteiger partial charge is 0.161 e. The molecule has 6 aromatic carbocycles. The highest BCUT2D eigenvalue weighted by molar-refractivity contribution is 7.80. The lowest BCUT2D eigenvalue weighted by atomic mass is 9.70. The van der Waals surface area contributed by atoms with Gasteiger partial charge in [0.15, 0.2) is 13.5 Å². The molecular formula is C40H34N2O2S2. The lowest BCUT2D eigenvalue weighted by molar-refractivity contribution is 0.289. The minimum atomic E-state index is -0.444. The summed E-state index contributed by atoms with van der Waals surface area (Å²) in [5.74, 6) is 1.88. The van der Waals surface area contributed by atoms with Gasteiger partial charge in [0.1, 0.15) is 11.5 Å². The maximum absolute atomic E-state index is 6.27. The van der Waals surface area contributed by atoms with E-state index in [2.05, 4.69) is 145 Å². The van der Waals surface area contributed by atoms with Gasteiger partial charge in [-0.05, 0) is 113 Å². The van der Waals surface area contributed by atoms with E-state index in [1.807, 2.05) is 24.3 Å². The standard InChI is InChI=1S/C40H34N2O2S2/c1-40(31-7-6-27-4-2-3-5-28(27)20-31,32-8-18-38-29(21-32)23-41(25-43-38)34-10-14-36(45)15-11-34)33-9-19-39-30(22-33)24-42(26-44-39)35-12-16-37(46)17-13-35/h2-22,45-46H,23-26H2,1H3. The average Bonchev–Trinajstić information content (AvgIpc) is 3.10. The van der Waals surface area contributed by atoms with Crippen molar-refractivity contribution in [1.29, 1.82) is 0 Å². The molecule has 0 fully saturated rings. The van der Waals surface area contributed by atoms with Crippen molar-refractivity contribution in [2.75, 3.05) is 23.3 Å². The molecule has 6 aromatic rings. The molecule has 0 aromatic heterocycles. The second-order valence-electron chi connectivity index (χ2n) is 12.3. The SMILES string of the molecule is CC(c1ccc2c(c1)CN(c1ccc(S)cc1)CO2)(c1ccc2c(c1)CN(c1ccc(S)cc1)CO2)c1ccc2ccccc2c1. The van der Waals surface area contributed by atoms with Crippen LogP contribution in [0.25, 0.3) is 10.8 Å². The maximum Gasteiger partial charge on any atom is 0.161 e. The van der Waals surface area contributed by atoms with Gasteiger partial charge in [-0.15, -0.1) is 25.3 Å². The van der Waals surface area contributed by atoms with E-state index in [1.165, 1.54) is 38.6 Å². The minimum Gasteiger partial charge on any atom is -0.473 e. The van der Waals surface area contributed by atoms with Crippen LogP contribution in [0.1, 0.15) is 34.7 Å². The topological polar surface area (TPSA) is 24.9 Å². The normalized spacial score (nSPS) is 14.3. The van der Waals surface area contributed by atoms with Crippen molar-refractivity contribution < 1.29 is 9.47 Å². The molecule has 228 valence electrons. The largest absolute Gasteiger partial charge is 0.473 e. The Morgan fingerprint density at radius 3 is 1.50 bits per heavy atom. The summed E-state index contributed by atoms with van der Waals surface area (Å²) in [5.41, 5.74) is 7.81. The Bertz CT molecular complexity index is 1950. The van der Waals surface area contributed by atoms with Crippen LogP contribution in [0.5, 0.6) is 11.5 Å². The van der Waals surface area contributed by atoms with Crippen molar-refractivity contribution in [3.8, 4) is 11.5 Å². The van der Waals surface area contributed by atoms with Gasteiger partial charge >= 0.3 is 0 Å². The number of fused-ring (bicyclic) bond motifs is 3. The van der Waals surface area contributed by atoms with Crippen LogP contribution in [-0.2, 0) is 18.5 Å². The van der Waals surface area contributed by atoms with E-state index in [-0.39, 0.29) is 0 Å². The number of hydrogen-bond acceptors (Lipinski definition) is 6. The molecule has 0 unspecified atom stereocenters. The fourth-order valence-corrected chi connectivity index (χ4v) is 7.06. The summed E-state index contributed by atoms with van der Waals surface area (Å²) in [6.45, 7) is 4.90. The van der Waals surface area contributed by atoms with Gasteiger partial charge in [0.2, 0.25) is 0 Å². The Balaban J connectivity index is 1.22. The van der Waals surface area contributed by atoms with Crippen LogP contribution in [0.4, 0.5) is 11.4 Å². The molecule has 0 atom stereocenters. The van der Waals surface area contributed by atoms with Gasteiger partial charge in [0, 0.05) is 50.8 Å². The molecule has 2 aliphatic rings. The molecule has 0 saturated heterocycles. The summed E-state index contributed by atoms with van der Waals surface area (Å²) in [6.07, 6.45) is 0. The summed E-state index contributed by atoms with van der Waals surface area (Å²) in [4.78, 5) is 6.42. The molecule has 2 heterocycles. The number of hydrogen-bond donors (Lipinski definition) is 2. The summed E-state index contributed by atoms with van der Waals surface area (Å²) in [5, 5.41) is 2.46. The molecule has 2 aliphatic heterocycles. The van der Waals surface area contributed by atoms with Crippen molar-refractivity contribution in [3.63, 3.8) is 0 Å². The number of rotatable bonds is 5. The Labute approximate surface area is 281 Å². The van der Waals surface area contributed by atoms with Gasteiger partial charge in [-0.3, -0.25) is 0 Å². The molecular weight excluding hydrogens is 605 g/mol. The number of nitrogens with zero attached hydrogens (tertiary/aromatic N) is 2. The first-order valence-corrected chi connectivity index (χ1v) is 16.4. The van der Waals surface area contributed by atoms with Crippen LogP contribution >= 0.6 is 25.3 Å². The zero-order valence-electron chi connectivity index (χ0n) is 25.6. The van der Waals surface area contributed by atoms with Crippen LogP contribution in [0.2, 0.25) is 0 Å². The molecule has 6 heteroatoms. The molecule has 0 aliphatic carbocycles. The maximum atomic E-state index is 6.27. The molecule has 0 spiro atoms. The molecule has 46 heavy (non-hydrogen) atoms. The van der Waals surface area contributed by atoms with Gasteiger partial charge in [0.05, 0.1) is 0 Å². The zero-order valence-corrected chi connectivity index (χ0v) is 27.3. The van der Waals surface area contributed by atoms with Gasteiger partial charge in [0.25, 0.3) is 0 Å². The lowest BCUT2D eigenvalue weighted by Gasteiger charge is -2.36. The molecule has 0 bridgehead atoms. The van der Waals surface area contributed by atoms with E-state index in [0.29, 0.717) is 13.5 Å². The first kappa shape index (κ1) is 28.9. The summed E-state index contributed by atoms with van der Waals surface area (Å²) in [6, 6.07) is 45.4. The Morgan fingerprint density at radius 2 is 0.978 bits per heavy atom. The fraction of sp³-hybridized carbons (Fsp3) is 0.150. The predicted molar refractivity (Wildman–Crippen MR) is 193 cm³/mol. The molecule has 8 rings (SSSR count). The van der Waals surface area contributed by atoms with Crippen molar-refractivity contribution in [1.82, 2.24) is 0 Å². The fourth-order valence-electron chi connectivity index (χ4n) is 6.77. The van der Waals surface area contributed by atoms with E-state index in [4.69, 9.17) is 9.47 Å². The highest BCUT2D eigenvalue weighted by Gasteiger charge is 2.34. The quantitative estimate of drug-likeness (QED) is 0.145. The third-order valence-electron chi connectivity index (χ3n) is 9.51. The summed E-state index contributed by atoms with van der Waals surface area (Å²) in [7, 11) is 0. The van der Waals surface area contributed by atoms with Gasteiger partial charge in [-0.25, -0.2) is 0 Å². The number of thiol groups is 2. The van der Waals surface area contributed by atoms with Crippen LogP contribution in [-0.4, -0.2) is 13.5 Å². The van der Waals surface area contributed by atoms with Crippen molar-refractivity contribution in [2.45, 2.75) is 35.2 Å². The van der Waals surface area contributed by atoms with Crippen LogP contribution in [0, 0.1) is 0 Å². The zero-order chi connectivity index (χ0) is 31.3. The number of anilines is 2. The predicted octanol–water partition coefficient (Wildman–Crippen LogP) is 9.48. The van der Waals surface area contributed by atoms with E-state index >= 15 is 0 Å². The van der Waals surface area contributed by atoms with E-state index in [1.54, 1.807) is 0 Å². The Hall–Kier alpha value is -4.52. The van der Waals surface area contributed by atoms with E-state index in [9.17, 15) is 0 Å². The summed E-state index contributed by atoms with van der Waals surface area (Å²) < 4.78 is 12.5. The highest BCUT2D eigenvalue weighted by atomic mass is 32.1. The van der Waals surface area contributed by atoms with E-state index in [0.717, 1.165) is 45.8 Å². The molecule has 0 saturated carbocycles. The summed E-state index contributed by atoms with van der Waals surface area (Å²) >= 11 is 8.94. The first-order valence-electron chi connectivity index (χ1n) is 15.5. The van der Waals surface area contributed by atoms with Crippen LogP contribution in [0.15, 0.2) is 137 Å². The molecule has 0 radical (unpaired) electrons. The lowest BCUT2D eigenvalue weighted by Crippen LogP contribution is -2.33.